The fourth-order valence-corrected chi connectivity index (χ4v) is 3.70. The monoisotopic (exact) mass is 483 g/mol. The maximum Gasteiger partial charge on any atom is 0.335 e. The number of nitrogens with one attached hydrogen (secondary N) is 1. The van der Waals surface area contributed by atoms with Gasteiger partial charge in [-0.2, -0.15) is 0 Å². The third kappa shape index (κ3) is 4.79. The second-order valence-corrected chi connectivity index (χ2v) is 8.11. The normalized spacial score (nSPS) is 15.2. The van der Waals surface area contributed by atoms with Crippen LogP contribution >= 0.6 is 23.2 Å². The predicted octanol–water partition coefficient (Wildman–Crippen LogP) is 4.85. The Morgan fingerprint density at radius 1 is 1.00 bits per heavy atom. The summed E-state index contributed by atoms with van der Waals surface area (Å²) in [4.78, 5) is 38.9. The van der Waals surface area contributed by atoms with Crippen molar-refractivity contribution in [3.05, 3.63) is 87.7 Å². The molecule has 1 saturated heterocycles. The second-order valence-electron chi connectivity index (χ2n) is 7.30. The van der Waals surface area contributed by atoms with Crippen LogP contribution in [-0.2, 0) is 16.1 Å². The van der Waals surface area contributed by atoms with Gasteiger partial charge in [-0.1, -0.05) is 41.4 Å². The van der Waals surface area contributed by atoms with Gasteiger partial charge in [-0.15, -0.1) is 0 Å². The Balaban J connectivity index is 1.55. The molecule has 0 unspecified atom stereocenters. The number of hydrogen-bond donors (Lipinski definition) is 1. The summed E-state index contributed by atoms with van der Waals surface area (Å²) in [5.74, 6) is -0.928. The van der Waals surface area contributed by atoms with E-state index < -0.39 is 17.8 Å². The minimum absolute atomic E-state index is 0.168. The molecule has 0 atom stereocenters. The van der Waals surface area contributed by atoms with Gasteiger partial charge in [0.2, 0.25) is 0 Å². The van der Waals surface area contributed by atoms with Crippen molar-refractivity contribution in [1.82, 2.24) is 9.88 Å². The number of amides is 4. The van der Waals surface area contributed by atoms with Crippen molar-refractivity contribution in [3.63, 3.8) is 0 Å². The van der Waals surface area contributed by atoms with Gasteiger partial charge in [-0.25, -0.2) is 9.69 Å². The number of carbonyl (C=O) groups excluding carboxylic acids is 3. The van der Waals surface area contributed by atoms with Crippen LogP contribution in [0.25, 0.3) is 6.08 Å². The maximum absolute atomic E-state index is 13.1. The number of aromatic nitrogens is 1. The van der Waals surface area contributed by atoms with Gasteiger partial charge >= 0.3 is 6.03 Å². The van der Waals surface area contributed by atoms with Crippen molar-refractivity contribution < 1.29 is 19.1 Å². The van der Waals surface area contributed by atoms with E-state index in [0.29, 0.717) is 34.6 Å². The number of imide groups is 2. The van der Waals surface area contributed by atoms with Crippen LogP contribution < -0.4 is 15.0 Å². The van der Waals surface area contributed by atoms with E-state index in [1.165, 1.54) is 12.1 Å². The molecule has 168 valence electrons. The summed E-state index contributed by atoms with van der Waals surface area (Å²) in [5, 5.41) is 3.13. The molecule has 2 aromatic carbocycles. The van der Waals surface area contributed by atoms with Crippen LogP contribution in [0.1, 0.15) is 11.3 Å². The Hall–Kier alpha value is -3.55. The van der Waals surface area contributed by atoms with Crippen molar-refractivity contribution in [3.8, 4) is 5.75 Å². The van der Waals surface area contributed by atoms with Crippen molar-refractivity contribution in [1.29, 1.82) is 0 Å². The highest BCUT2D eigenvalue weighted by Crippen LogP contribution is 2.27. The van der Waals surface area contributed by atoms with Crippen LogP contribution in [0.15, 0.2) is 66.4 Å². The molecule has 3 aromatic rings. The lowest BCUT2D eigenvalue weighted by Crippen LogP contribution is -2.54. The Kier molecular flexibility index (Phi) is 6.53. The number of ether oxygens (including phenoxy) is 1. The van der Waals surface area contributed by atoms with E-state index in [4.69, 9.17) is 27.9 Å². The summed E-state index contributed by atoms with van der Waals surface area (Å²) < 4.78 is 7.55. The van der Waals surface area contributed by atoms with E-state index in [-0.39, 0.29) is 11.3 Å². The number of benzene rings is 2. The van der Waals surface area contributed by atoms with Gasteiger partial charge in [0.05, 0.1) is 17.3 Å². The summed E-state index contributed by atoms with van der Waals surface area (Å²) in [5.41, 5.74) is 1.51. The molecule has 0 spiro atoms. The van der Waals surface area contributed by atoms with Crippen molar-refractivity contribution >= 4 is 52.8 Å². The van der Waals surface area contributed by atoms with Gasteiger partial charge in [-0.3, -0.25) is 14.9 Å². The zero-order valence-electron chi connectivity index (χ0n) is 17.5. The van der Waals surface area contributed by atoms with Crippen LogP contribution in [0.4, 0.5) is 10.5 Å². The van der Waals surface area contributed by atoms with Crippen LogP contribution in [0, 0.1) is 6.92 Å². The molecule has 1 aliphatic heterocycles. The average molecular weight is 484 g/mol. The number of para-hydroxylation sites is 1. The standard InChI is InChI=1S/C24H19Cl2N3O4/c1-15-8-9-17(14-20(15)26)29-23(31)18(22(30)27-24(29)32)13-16-5-4-10-28(16)11-12-33-21-7-3-2-6-19(21)25/h2-10,13-14H,11-12H2,1H3,(H,27,30,32)/b18-13+. The van der Waals surface area contributed by atoms with Gasteiger partial charge in [0.15, 0.2) is 0 Å². The lowest BCUT2D eigenvalue weighted by molar-refractivity contribution is -0.122. The Bertz CT molecular complexity index is 1280. The van der Waals surface area contributed by atoms with Crippen LogP contribution in [0.2, 0.25) is 10.0 Å². The number of hydrogen-bond acceptors (Lipinski definition) is 4. The molecular weight excluding hydrogens is 465 g/mol. The van der Waals surface area contributed by atoms with E-state index in [9.17, 15) is 14.4 Å². The lowest BCUT2D eigenvalue weighted by Gasteiger charge is -2.26. The minimum Gasteiger partial charge on any atom is -0.490 e. The summed E-state index contributed by atoms with van der Waals surface area (Å²) in [6, 6.07) is 14.7. The van der Waals surface area contributed by atoms with Crippen LogP contribution in [-0.4, -0.2) is 29.0 Å². The molecule has 4 rings (SSSR count). The van der Waals surface area contributed by atoms with Gasteiger partial charge in [0, 0.05) is 16.9 Å². The molecule has 0 bridgehead atoms. The molecule has 1 aliphatic rings. The third-order valence-corrected chi connectivity index (χ3v) is 5.82. The summed E-state index contributed by atoms with van der Waals surface area (Å²) in [6.07, 6.45) is 3.25. The zero-order valence-corrected chi connectivity index (χ0v) is 19.1. The average Bonchev–Trinajstić information content (AvgIpc) is 3.22. The Morgan fingerprint density at radius 2 is 1.79 bits per heavy atom. The van der Waals surface area contributed by atoms with E-state index in [1.54, 1.807) is 42.6 Å². The number of nitrogens with zero attached hydrogens (tertiary/aromatic N) is 2. The molecule has 0 saturated carbocycles. The molecule has 9 heteroatoms. The fraction of sp³-hybridized carbons (Fsp3) is 0.125. The van der Waals surface area contributed by atoms with E-state index in [0.717, 1.165) is 10.5 Å². The fourth-order valence-electron chi connectivity index (χ4n) is 3.34. The highest BCUT2D eigenvalue weighted by Gasteiger charge is 2.37. The van der Waals surface area contributed by atoms with Crippen molar-refractivity contribution in [2.45, 2.75) is 13.5 Å². The second kappa shape index (κ2) is 9.52. The number of anilines is 1. The number of rotatable bonds is 6. The first-order valence-corrected chi connectivity index (χ1v) is 10.8. The molecule has 1 fully saturated rings. The van der Waals surface area contributed by atoms with Gasteiger partial charge in [0.25, 0.3) is 11.8 Å². The highest BCUT2D eigenvalue weighted by atomic mass is 35.5. The van der Waals surface area contributed by atoms with E-state index >= 15 is 0 Å². The van der Waals surface area contributed by atoms with Gasteiger partial charge in [-0.05, 0) is 55.0 Å². The summed E-state index contributed by atoms with van der Waals surface area (Å²) >= 11 is 12.3. The predicted molar refractivity (Wildman–Crippen MR) is 127 cm³/mol. The minimum atomic E-state index is -0.828. The third-order valence-electron chi connectivity index (χ3n) is 5.10. The molecule has 4 amide bonds. The Morgan fingerprint density at radius 3 is 2.55 bits per heavy atom. The van der Waals surface area contributed by atoms with Crippen molar-refractivity contribution in [2.24, 2.45) is 0 Å². The van der Waals surface area contributed by atoms with Gasteiger partial charge in [0.1, 0.15) is 17.9 Å². The number of halogens is 2. The smallest absolute Gasteiger partial charge is 0.335 e. The van der Waals surface area contributed by atoms with Crippen molar-refractivity contribution in [2.75, 3.05) is 11.5 Å². The lowest BCUT2D eigenvalue weighted by atomic mass is 10.1. The first kappa shape index (κ1) is 22.6. The van der Waals surface area contributed by atoms with Crippen LogP contribution in [0.5, 0.6) is 5.75 Å². The molecule has 7 nitrogen and oxygen atoms in total. The highest BCUT2D eigenvalue weighted by molar-refractivity contribution is 6.39. The van der Waals surface area contributed by atoms with Gasteiger partial charge < -0.3 is 9.30 Å². The molecule has 0 radical (unpaired) electrons. The molecule has 0 aliphatic carbocycles. The summed E-state index contributed by atoms with van der Waals surface area (Å²) in [7, 11) is 0. The number of aryl methyl sites for hydroxylation is 1. The number of urea groups is 1. The maximum atomic E-state index is 13.1. The number of carbonyl (C=O) groups is 3. The molecule has 2 heterocycles. The quantitative estimate of drug-likeness (QED) is 0.401. The molecule has 33 heavy (non-hydrogen) atoms. The van der Waals surface area contributed by atoms with E-state index in [2.05, 4.69) is 5.32 Å². The first-order chi connectivity index (χ1) is 15.8. The summed E-state index contributed by atoms with van der Waals surface area (Å²) in [6.45, 7) is 2.58. The molecular formula is C24H19Cl2N3O4. The van der Waals surface area contributed by atoms with E-state index in [1.807, 2.05) is 23.6 Å². The molecule has 1 N–H and O–H groups in total. The number of barbiturate groups is 1. The molecule has 1 aromatic heterocycles. The Labute approximate surface area is 200 Å². The van der Waals surface area contributed by atoms with Crippen LogP contribution in [0.3, 0.4) is 0 Å². The first-order valence-electron chi connectivity index (χ1n) is 10.1. The topological polar surface area (TPSA) is 80.6 Å². The SMILES string of the molecule is Cc1ccc(N2C(=O)NC(=O)/C(=C\c3cccn3CCOc3ccccc3Cl)C2=O)cc1Cl. The largest absolute Gasteiger partial charge is 0.490 e. The zero-order chi connectivity index (χ0) is 23.5.